The van der Waals surface area contributed by atoms with Crippen molar-refractivity contribution in [3.8, 4) is 6.19 Å². The van der Waals surface area contributed by atoms with Crippen LogP contribution < -0.4 is 5.32 Å². The molecule has 1 amide bonds. The third-order valence-electron chi connectivity index (χ3n) is 4.76. The van der Waals surface area contributed by atoms with Crippen LogP contribution in [0.5, 0.6) is 0 Å². The Morgan fingerprint density at radius 2 is 2.07 bits per heavy atom. The van der Waals surface area contributed by atoms with E-state index < -0.39 is 28.5 Å². The first-order valence-corrected chi connectivity index (χ1v) is 10.0. The molecule has 0 aliphatic carbocycles. The van der Waals surface area contributed by atoms with Crippen LogP contribution in [0.15, 0.2) is 53.6 Å². The lowest BCUT2D eigenvalue weighted by molar-refractivity contribution is -0.144. The minimum atomic E-state index is -1.07. The zero-order valence-electron chi connectivity index (χ0n) is 16.4. The van der Waals surface area contributed by atoms with Crippen LogP contribution >= 0.6 is 11.8 Å². The summed E-state index contributed by atoms with van der Waals surface area (Å²) in [6.45, 7) is 1.84. The number of carbonyl (C=O) groups is 1. The number of ether oxygens (including phenoxy) is 1. The molecule has 30 heavy (non-hydrogen) atoms. The molecule has 1 heterocycles. The number of nitriles is 1. The van der Waals surface area contributed by atoms with Gasteiger partial charge in [0, 0.05) is 25.6 Å². The SMILES string of the molecule is COC(C)C(=O)N1N=C(c2cc(F)ccc2F)SC1(CCNC#N)c1ccccc1. The Balaban J connectivity index is 2.14. The van der Waals surface area contributed by atoms with Crippen molar-refractivity contribution in [2.24, 2.45) is 5.10 Å². The second-order valence-electron chi connectivity index (χ2n) is 6.60. The van der Waals surface area contributed by atoms with E-state index in [0.717, 1.165) is 35.5 Å². The first kappa shape index (κ1) is 21.7. The van der Waals surface area contributed by atoms with Gasteiger partial charge in [-0.1, -0.05) is 42.1 Å². The Morgan fingerprint density at radius 3 is 2.73 bits per heavy atom. The highest BCUT2D eigenvalue weighted by molar-refractivity contribution is 8.15. The van der Waals surface area contributed by atoms with Gasteiger partial charge in [0.2, 0.25) is 0 Å². The van der Waals surface area contributed by atoms with Gasteiger partial charge in [-0.3, -0.25) is 4.79 Å². The van der Waals surface area contributed by atoms with Crippen LogP contribution in [-0.2, 0) is 14.4 Å². The Labute approximate surface area is 177 Å². The summed E-state index contributed by atoms with van der Waals surface area (Å²) in [5, 5.41) is 17.3. The summed E-state index contributed by atoms with van der Waals surface area (Å²) in [7, 11) is 1.41. The molecular formula is C21H20F2N4O2S. The lowest BCUT2D eigenvalue weighted by Gasteiger charge is -2.36. The van der Waals surface area contributed by atoms with Gasteiger partial charge < -0.3 is 10.1 Å². The maximum atomic E-state index is 14.5. The van der Waals surface area contributed by atoms with E-state index in [-0.39, 0.29) is 17.2 Å². The standard InChI is InChI=1S/C21H20F2N4O2S/c1-14(29-2)20(28)27-21(10-11-25-13-24,15-6-4-3-5-7-15)30-19(26-27)17-12-16(22)8-9-18(17)23/h3-9,12,14,25H,10-11H2,1-2H3. The third kappa shape index (κ3) is 4.15. The highest BCUT2D eigenvalue weighted by Crippen LogP contribution is 2.50. The minimum Gasteiger partial charge on any atom is -0.372 e. The molecule has 9 heteroatoms. The maximum Gasteiger partial charge on any atom is 0.273 e. The fourth-order valence-electron chi connectivity index (χ4n) is 3.13. The number of hydrogen-bond donors (Lipinski definition) is 1. The van der Waals surface area contributed by atoms with Crippen molar-refractivity contribution in [3.63, 3.8) is 0 Å². The van der Waals surface area contributed by atoms with Crippen LogP contribution in [0.1, 0.15) is 24.5 Å². The summed E-state index contributed by atoms with van der Waals surface area (Å²) in [5.74, 6) is -1.69. The van der Waals surface area contributed by atoms with Crippen molar-refractivity contribution in [2.75, 3.05) is 13.7 Å². The predicted molar refractivity (Wildman–Crippen MR) is 110 cm³/mol. The Hall–Kier alpha value is -2.96. The number of thioether (sulfide) groups is 1. The van der Waals surface area contributed by atoms with E-state index in [1.54, 1.807) is 6.92 Å². The summed E-state index contributed by atoms with van der Waals surface area (Å²) < 4.78 is 33.5. The smallest absolute Gasteiger partial charge is 0.273 e. The lowest BCUT2D eigenvalue weighted by atomic mass is 10.0. The number of hydrogen-bond acceptors (Lipinski definition) is 6. The van der Waals surface area contributed by atoms with Crippen LogP contribution in [0.3, 0.4) is 0 Å². The molecule has 2 aromatic carbocycles. The molecular weight excluding hydrogens is 410 g/mol. The number of benzene rings is 2. The zero-order chi connectivity index (χ0) is 21.7. The molecule has 2 aromatic rings. The molecule has 1 N–H and O–H groups in total. The van der Waals surface area contributed by atoms with E-state index in [1.807, 2.05) is 36.5 Å². The monoisotopic (exact) mass is 430 g/mol. The number of amides is 1. The first-order valence-electron chi connectivity index (χ1n) is 9.20. The molecule has 1 aliphatic heterocycles. The molecule has 2 unspecified atom stereocenters. The topological polar surface area (TPSA) is 77.7 Å². The predicted octanol–water partition coefficient (Wildman–Crippen LogP) is 3.55. The Bertz CT molecular complexity index is 996. The van der Waals surface area contributed by atoms with Gasteiger partial charge in [0.05, 0.1) is 0 Å². The molecule has 0 spiro atoms. The molecule has 0 bridgehead atoms. The fourth-order valence-corrected chi connectivity index (χ4v) is 4.52. The third-order valence-corrected chi connectivity index (χ3v) is 6.21. The number of hydrazone groups is 1. The van der Waals surface area contributed by atoms with Crippen molar-refractivity contribution in [1.82, 2.24) is 10.3 Å². The van der Waals surface area contributed by atoms with Gasteiger partial charge in [-0.05, 0) is 30.7 Å². The molecule has 3 rings (SSSR count). The molecule has 2 atom stereocenters. The molecule has 6 nitrogen and oxygen atoms in total. The van der Waals surface area contributed by atoms with Gasteiger partial charge >= 0.3 is 0 Å². The number of carbonyl (C=O) groups excluding carboxylic acids is 1. The van der Waals surface area contributed by atoms with Crippen LogP contribution in [-0.4, -0.2) is 35.7 Å². The first-order chi connectivity index (χ1) is 14.4. The van der Waals surface area contributed by atoms with Crippen molar-refractivity contribution in [1.29, 1.82) is 5.26 Å². The van der Waals surface area contributed by atoms with E-state index >= 15 is 0 Å². The van der Waals surface area contributed by atoms with Gasteiger partial charge in [-0.2, -0.15) is 10.4 Å². The second-order valence-corrected chi connectivity index (χ2v) is 7.86. The highest BCUT2D eigenvalue weighted by Gasteiger charge is 2.49. The average Bonchev–Trinajstić information content (AvgIpc) is 3.15. The zero-order valence-corrected chi connectivity index (χ0v) is 17.2. The summed E-state index contributed by atoms with van der Waals surface area (Å²) in [6.07, 6.45) is 1.35. The number of nitrogens with one attached hydrogen (secondary N) is 1. The lowest BCUT2D eigenvalue weighted by Crippen LogP contribution is -2.46. The normalized spacial score (nSPS) is 19.2. The van der Waals surface area contributed by atoms with E-state index in [2.05, 4.69) is 10.4 Å². The van der Waals surface area contributed by atoms with Crippen LogP contribution in [0.2, 0.25) is 0 Å². The maximum absolute atomic E-state index is 14.5. The molecule has 0 aromatic heterocycles. The van der Waals surface area contributed by atoms with Gasteiger partial charge in [-0.25, -0.2) is 13.8 Å². The van der Waals surface area contributed by atoms with E-state index in [9.17, 15) is 13.6 Å². The number of rotatable bonds is 7. The van der Waals surface area contributed by atoms with Gasteiger partial charge in [-0.15, -0.1) is 0 Å². The minimum absolute atomic E-state index is 0.0334. The van der Waals surface area contributed by atoms with Crippen LogP contribution in [0, 0.1) is 23.1 Å². The molecule has 0 radical (unpaired) electrons. The molecule has 0 saturated carbocycles. The second kappa shape index (κ2) is 9.24. The Morgan fingerprint density at radius 1 is 1.33 bits per heavy atom. The summed E-state index contributed by atoms with van der Waals surface area (Å²) in [4.78, 5) is 12.1. The molecule has 156 valence electrons. The van der Waals surface area contributed by atoms with Crippen molar-refractivity contribution in [2.45, 2.75) is 24.3 Å². The van der Waals surface area contributed by atoms with Crippen molar-refractivity contribution >= 4 is 22.7 Å². The Kier molecular flexibility index (Phi) is 6.70. The van der Waals surface area contributed by atoms with E-state index in [0.29, 0.717) is 6.42 Å². The van der Waals surface area contributed by atoms with Crippen molar-refractivity contribution in [3.05, 3.63) is 71.3 Å². The number of halogens is 2. The number of methoxy groups -OCH3 is 1. The molecule has 1 aliphatic rings. The quantitative estimate of drug-likeness (QED) is 0.413. The largest absolute Gasteiger partial charge is 0.372 e. The van der Waals surface area contributed by atoms with Crippen LogP contribution in [0.4, 0.5) is 8.78 Å². The van der Waals surface area contributed by atoms with E-state index in [4.69, 9.17) is 10.00 Å². The van der Waals surface area contributed by atoms with Gasteiger partial charge in [0.15, 0.2) is 6.19 Å². The number of nitrogens with zero attached hydrogens (tertiary/aromatic N) is 3. The highest BCUT2D eigenvalue weighted by atomic mass is 32.2. The van der Waals surface area contributed by atoms with Gasteiger partial charge in [0.25, 0.3) is 5.91 Å². The molecule has 0 saturated heterocycles. The summed E-state index contributed by atoms with van der Waals surface area (Å²) in [5.41, 5.74) is 0.705. The van der Waals surface area contributed by atoms with Crippen LogP contribution in [0.25, 0.3) is 0 Å². The summed E-state index contributed by atoms with van der Waals surface area (Å²) >= 11 is 1.15. The average molecular weight is 430 g/mol. The summed E-state index contributed by atoms with van der Waals surface area (Å²) in [6, 6.07) is 12.2. The van der Waals surface area contributed by atoms with E-state index in [1.165, 1.54) is 12.1 Å². The fraction of sp³-hybridized carbons (Fsp3) is 0.286. The molecule has 0 fully saturated rings. The van der Waals surface area contributed by atoms with Gasteiger partial charge in [0.1, 0.15) is 27.7 Å². The van der Waals surface area contributed by atoms with Crippen molar-refractivity contribution < 1.29 is 18.3 Å².